The molecule has 2 aliphatic carbocycles. The molecule has 3 atom stereocenters. The molecule has 0 heterocycles. The molecule has 0 unspecified atom stereocenters. The van der Waals surface area contributed by atoms with Crippen LogP contribution < -0.4 is 0 Å². The van der Waals surface area contributed by atoms with E-state index in [1.807, 2.05) is 26.8 Å². The van der Waals surface area contributed by atoms with Gasteiger partial charge in [-0.2, -0.15) is 8.42 Å². The molecule has 0 aromatic heterocycles. The first-order chi connectivity index (χ1) is 11.9. The summed E-state index contributed by atoms with van der Waals surface area (Å²) in [7, 11) is -4.34. The lowest BCUT2D eigenvalue weighted by Gasteiger charge is -2.53. The predicted octanol–water partition coefficient (Wildman–Crippen LogP) is 4.15. The first-order valence-corrected chi connectivity index (χ1v) is 10.7. The minimum atomic E-state index is -4.34. The van der Waals surface area contributed by atoms with Gasteiger partial charge in [0.15, 0.2) is 0 Å². The van der Waals surface area contributed by atoms with E-state index in [1.165, 1.54) is 0 Å². The van der Waals surface area contributed by atoms with Crippen LogP contribution in [0.4, 0.5) is 0 Å². The molecule has 26 heavy (non-hydrogen) atoms. The summed E-state index contributed by atoms with van der Waals surface area (Å²) in [6.07, 6.45) is 3.80. The summed E-state index contributed by atoms with van der Waals surface area (Å²) in [4.78, 5) is 12.0. The number of aryl methyl sites for hydroxylation is 1. The topological polar surface area (TPSA) is 91.7 Å². The molecule has 0 aliphatic heterocycles. The SMILES string of the molecule is CC(C)c1cc2c(cc1S(=O)(=O)O)[C@]1(C)CCC[C@@](C)(C(=O)O)[C@H]1CC2. The summed E-state index contributed by atoms with van der Waals surface area (Å²) in [6.45, 7) is 7.71. The maximum Gasteiger partial charge on any atom is 0.309 e. The molecule has 2 N–H and O–H groups in total. The second kappa shape index (κ2) is 6.06. The highest BCUT2D eigenvalue weighted by atomic mass is 32.2. The zero-order chi connectivity index (χ0) is 19.5. The lowest BCUT2D eigenvalue weighted by atomic mass is 9.50. The predicted molar refractivity (Wildman–Crippen MR) is 99.1 cm³/mol. The van der Waals surface area contributed by atoms with Crippen molar-refractivity contribution in [2.45, 2.75) is 76.0 Å². The van der Waals surface area contributed by atoms with Crippen LogP contribution in [0.3, 0.4) is 0 Å². The normalized spacial score (nSPS) is 31.4. The highest BCUT2D eigenvalue weighted by molar-refractivity contribution is 7.85. The molecule has 1 aromatic rings. The fraction of sp³-hybridized carbons (Fsp3) is 0.650. The Hall–Kier alpha value is -1.40. The summed E-state index contributed by atoms with van der Waals surface area (Å²) < 4.78 is 33.8. The van der Waals surface area contributed by atoms with E-state index in [4.69, 9.17) is 0 Å². The lowest BCUT2D eigenvalue weighted by molar-refractivity contribution is -0.157. The number of rotatable bonds is 3. The van der Waals surface area contributed by atoms with Crippen LogP contribution in [0, 0.1) is 11.3 Å². The minimum Gasteiger partial charge on any atom is -0.481 e. The standard InChI is InChI=1S/C20H28O5S/c1-12(2)14-10-13-6-7-17-19(3,8-5-9-20(17,4)18(21)22)15(13)11-16(14)26(23,24)25/h10-12,17H,5-9H2,1-4H3,(H,21,22)(H,23,24,25)/t17-,19-,20+/m0/s1. The average Bonchev–Trinajstić information content (AvgIpc) is 2.52. The van der Waals surface area contributed by atoms with Gasteiger partial charge in [0, 0.05) is 0 Å². The van der Waals surface area contributed by atoms with Crippen molar-refractivity contribution in [3.05, 3.63) is 28.8 Å². The zero-order valence-corrected chi connectivity index (χ0v) is 16.7. The van der Waals surface area contributed by atoms with Gasteiger partial charge in [-0.1, -0.05) is 33.3 Å². The van der Waals surface area contributed by atoms with Gasteiger partial charge < -0.3 is 5.11 Å². The monoisotopic (exact) mass is 380 g/mol. The van der Waals surface area contributed by atoms with Crippen LogP contribution in [0.15, 0.2) is 17.0 Å². The number of carbonyl (C=O) groups is 1. The number of hydrogen-bond acceptors (Lipinski definition) is 3. The first kappa shape index (κ1) is 19.4. The van der Waals surface area contributed by atoms with Gasteiger partial charge in [-0.25, -0.2) is 0 Å². The van der Waals surface area contributed by atoms with E-state index in [1.54, 1.807) is 6.07 Å². The molecule has 0 spiro atoms. The molecule has 0 radical (unpaired) electrons. The van der Waals surface area contributed by atoms with Crippen LogP contribution in [-0.2, 0) is 26.7 Å². The lowest BCUT2D eigenvalue weighted by Crippen LogP contribution is -2.52. The van der Waals surface area contributed by atoms with Crippen LogP contribution in [0.2, 0.25) is 0 Å². The van der Waals surface area contributed by atoms with E-state index >= 15 is 0 Å². The fourth-order valence-corrected chi connectivity index (χ4v) is 6.31. The van der Waals surface area contributed by atoms with Gasteiger partial charge in [0.05, 0.1) is 10.3 Å². The molecular weight excluding hydrogens is 352 g/mol. The molecule has 0 amide bonds. The number of fused-ring (bicyclic) bond motifs is 3. The first-order valence-electron chi connectivity index (χ1n) is 9.29. The molecule has 5 nitrogen and oxygen atoms in total. The highest BCUT2D eigenvalue weighted by Gasteiger charge is 2.55. The number of benzene rings is 1. The Labute approximate surface area is 155 Å². The zero-order valence-electron chi connectivity index (χ0n) is 15.9. The summed E-state index contributed by atoms with van der Waals surface area (Å²) in [5.74, 6) is -0.850. The van der Waals surface area contributed by atoms with Crippen LogP contribution in [0.5, 0.6) is 0 Å². The summed E-state index contributed by atoms with van der Waals surface area (Å²) in [6, 6.07) is 3.54. The van der Waals surface area contributed by atoms with Crippen LogP contribution >= 0.6 is 0 Å². The van der Waals surface area contributed by atoms with Gasteiger partial charge in [0.1, 0.15) is 0 Å². The average molecular weight is 381 g/mol. The molecule has 1 fully saturated rings. The van der Waals surface area contributed by atoms with Crippen LogP contribution in [0.25, 0.3) is 0 Å². The van der Waals surface area contributed by atoms with Crippen molar-refractivity contribution >= 4 is 16.1 Å². The van der Waals surface area contributed by atoms with E-state index in [0.29, 0.717) is 12.0 Å². The molecular formula is C20H28O5S. The third-order valence-corrected chi connectivity index (χ3v) is 7.78. The second-order valence-corrected chi connectivity index (χ2v) is 10.2. The number of carboxylic acid groups (broad SMARTS) is 1. The highest BCUT2D eigenvalue weighted by Crippen LogP contribution is 2.57. The third-order valence-electron chi connectivity index (χ3n) is 6.87. The van der Waals surface area contributed by atoms with Gasteiger partial charge in [0.2, 0.25) is 0 Å². The minimum absolute atomic E-state index is 0.0293. The molecule has 0 bridgehead atoms. The summed E-state index contributed by atoms with van der Waals surface area (Å²) in [5, 5.41) is 9.86. The Morgan fingerprint density at radius 1 is 1.23 bits per heavy atom. The van der Waals surface area contributed by atoms with Crippen LogP contribution in [0.1, 0.15) is 76.0 Å². The third kappa shape index (κ3) is 2.78. The largest absolute Gasteiger partial charge is 0.481 e. The molecule has 3 rings (SSSR count). The summed E-state index contributed by atoms with van der Waals surface area (Å²) >= 11 is 0. The van der Waals surface area contributed by atoms with Crippen molar-refractivity contribution in [2.24, 2.45) is 11.3 Å². The van der Waals surface area contributed by atoms with E-state index in [9.17, 15) is 22.9 Å². The molecule has 6 heteroatoms. The van der Waals surface area contributed by atoms with Gasteiger partial charge >= 0.3 is 5.97 Å². The molecule has 0 saturated heterocycles. The van der Waals surface area contributed by atoms with Crippen molar-refractivity contribution < 1.29 is 22.9 Å². The van der Waals surface area contributed by atoms with E-state index in [2.05, 4.69) is 6.92 Å². The Bertz CT molecular complexity index is 857. The van der Waals surface area contributed by atoms with Crippen molar-refractivity contribution in [2.75, 3.05) is 0 Å². The van der Waals surface area contributed by atoms with E-state index in [0.717, 1.165) is 36.8 Å². The second-order valence-electron chi connectivity index (χ2n) is 8.76. The summed E-state index contributed by atoms with van der Waals surface area (Å²) in [5.41, 5.74) is 1.42. The van der Waals surface area contributed by atoms with Crippen molar-refractivity contribution in [1.82, 2.24) is 0 Å². The van der Waals surface area contributed by atoms with Crippen molar-refractivity contribution in [3.63, 3.8) is 0 Å². The molecule has 1 aromatic carbocycles. The molecule has 2 aliphatic rings. The Morgan fingerprint density at radius 3 is 2.42 bits per heavy atom. The van der Waals surface area contributed by atoms with Crippen molar-refractivity contribution in [1.29, 1.82) is 0 Å². The Kier molecular flexibility index (Phi) is 4.51. The fourth-order valence-electron chi connectivity index (χ4n) is 5.45. The van der Waals surface area contributed by atoms with Gasteiger partial charge in [-0.05, 0) is 72.6 Å². The van der Waals surface area contributed by atoms with Crippen molar-refractivity contribution in [3.8, 4) is 0 Å². The Balaban J connectivity index is 2.24. The number of carboxylic acids is 1. The van der Waals surface area contributed by atoms with E-state index in [-0.39, 0.29) is 16.7 Å². The molecule has 1 saturated carbocycles. The maximum absolute atomic E-state index is 12.0. The maximum atomic E-state index is 12.0. The number of hydrogen-bond donors (Lipinski definition) is 2. The van der Waals surface area contributed by atoms with Gasteiger partial charge in [-0.3, -0.25) is 9.35 Å². The quantitative estimate of drug-likeness (QED) is 0.769. The van der Waals surface area contributed by atoms with E-state index < -0.39 is 26.9 Å². The smallest absolute Gasteiger partial charge is 0.309 e. The number of aliphatic carboxylic acids is 1. The molecule has 144 valence electrons. The van der Waals surface area contributed by atoms with Crippen LogP contribution in [-0.4, -0.2) is 24.0 Å². The van der Waals surface area contributed by atoms with Gasteiger partial charge in [-0.15, -0.1) is 0 Å². The Morgan fingerprint density at radius 2 is 1.88 bits per heavy atom. The van der Waals surface area contributed by atoms with Gasteiger partial charge in [0.25, 0.3) is 10.1 Å².